The molecule has 0 saturated carbocycles. The summed E-state index contributed by atoms with van der Waals surface area (Å²) >= 11 is 0. The first kappa shape index (κ1) is 14.6. The highest BCUT2D eigenvalue weighted by molar-refractivity contribution is 5.96. The number of hydrogen-bond acceptors (Lipinski definition) is 5. The number of carbonyl (C=O) groups excluding carboxylic acids is 3. The van der Waals surface area contributed by atoms with Gasteiger partial charge in [-0.3, -0.25) is 4.79 Å². The molecule has 1 aromatic rings. The Morgan fingerprint density at radius 3 is 2.55 bits per heavy atom. The maximum Gasteiger partial charge on any atom is 0.347 e. The monoisotopic (exact) mass is 303 g/mol. The molecule has 1 aromatic carbocycles. The van der Waals surface area contributed by atoms with Gasteiger partial charge in [0.1, 0.15) is 6.10 Å². The van der Waals surface area contributed by atoms with Gasteiger partial charge in [0.05, 0.1) is 5.56 Å². The lowest BCUT2D eigenvalue weighted by Gasteiger charge is -2.16. The molecular formula is C16H17NO5. The minimum atomic E-state index is -0.831. The van der Waals surface area contributed by atoms with Crippen LogP contribution in [0.3, 0.4) is 0 Å². The molecule has 0 aromatic heterocycles. The van der Waals surface area contributed by atoms with E-state index in [0.29, 0.717) is 24.9 Å². The molecule has 0 spiro atoms. The Bertz CT molecular complexity index is 609. The van der Waals surface area contributed by atoms with Crippen molar-refractivity contribution in [3.8, 4) is 0 Å². The summed E-state index contributed by atoms with van der Waals surface area (Å²) in [5.41, 5.74) is 1.12. The van der Waals surface area contributed by atoms with Crippen molar-refractivity contribution < 1.29 is 23.9 Å². The second-order valence-electron chi connectivity index (χ2n) is 5.57. The molecule has 1 amide bonds. The van der Waals surface area contributed by atoms with Gasteiger partial charge in [-0.1, -0.05) is 0 Å². The topological polar surface area (TPSA) is 72.9 Å². The fourth-order valence-electron chi connectivity index (χ4n) is 2.71. The second-order valence-corrected chi connectivity index (χ2v) is 5.57. The van der Waals surface area contributed by atoms with E-state index >= 15 is 0 Å². The molecule has 116 valence electrons. The van der Waals surface area contributed by atoms with Gasteiger partial charge >= 0.3 is 11.9 Å². The predicted octanol–water partition coefficient (Wildman–Crippen LogP) is 1.67. The van der Waals surface area contributed by atoms with Crippen molar-refractivity contribution in [3.63, 3.8) is 0 Å². The molecule has 2 saturated heterocycles. The molecule has 6 nitrogen and oxygen atoms in total. The Labute approximate surface area is 128 Å². The number of hydrogen-bond donors (Lipinski definition) is 0. The number of cyclic esters (lactones) is 1. The highest BCUT2D eigenvalue weighted by Gasteiger charge is 2.35. The maximum atomic E-state index is 12.0. The number of anilines is 1. The summed E-state index contributed by atoms with van der Waals surface area (Å²) in [6, 6.07) is 6.64. The Morgan fingerprint density at radius 1 is 1.27 bits per heavy atom. The molecule has 3 rings (SSSR count). The minimum absolute atomic E-state index is 0.0954. The lowest BCUT2D eigenvalue weighted by molar-refractivity contribution is -0.147. The number of benzene rings is 1. The molecular weight excluding hydrogens is 286 g/mol. The molecule has 2 atom stereocenters. The van der Waals surface area contributed by atoms with Gasteiger partial charge in [0.15, 0.2) is 0 Å². The third-order valence-corrected chi connectivity index (χ3v) is 3.86. The van der Waals surface area contributed by atoms with Crippen LogP contribution in [0.5, 0.6) is 0 Å². The summed E-state index contributed by atoms with van der Waals surface area (Å²) in [5.74, 6) is -0.964. The van der Waals surface area contributed by atoms with Gasteiger partial charge in [-0.2, -0.15) is 0 Å². The largest absolute Gasteiger partial charge is 0.460 e. The van der Waals surface area contributed by atoms with Crippen LogP contribution in [-0.2, 0) is 19.1 Å². The van der Waals surface area contributed by atoms with Gasteiger partial charge in [0.2, 0.25) is 12.0 Å². The zero-order chi connectivity index (χ0) is 15.7. The zero-order valence-corrected chi connectivity index (χ0v) is 12.3. The van der Waals surface area contributed by atoms with Crippen molar-refractivity contribution in [1.82, 2.24) is 0 Å². The maximum absolute atomic E-state index is 12.0. The third kappa shape index (κ3) is 2.81. The Kier molecular flexibility index (Phi) is 3.83. The normalized spacial score (nSPS) is 24.5. The zero-order valence-electron chi connectivity index (χ0n) is 12.3. The summed E-state index contributed by atoms with van der Waals surface area (Å²) in [6.45, 7) is 2.46. The van der Waals surface area contributed by atoms with E-state index < -0.39 is 18.0 Å². The average Bonchev–Trinajstić information content (AvgIpc) is 3.05. The number of carbonyl (C=O) groups is 3. The standard InChI is InChI=1S/C16H17NO5/c1-10-9-13(16(20)21-10)22-15(19)11-4-6-12(7-5-11)17-8-2-3-14(17)18/h4-7,10,13H,2-3,8-9H2,1H3. The van der Waals surface area contributed by atoms with Crippen molar-refractivity contribution in [3.05, 3.63) is 29.8 Å². The Balaban J connectivity index is 1.66. The fraction of sp³-hybridized carbons (Fsp3) is 0.438. The van der Waals surface area contributed by atoms with E-state index in [1.54, 1.807) is 36.1 Å². The van der Waals surface area contributed by atoms with Crippen molar-refractivity contribution in [2.75, 3.05) is 11.4 Å². The molecule has 2 heterocycles. The van der Waals surface area contributed by atoms with E-state index in [4.69, 9.17) is 9.47 Å². The van der Waals surface area contributed by atoms with Crippen LogP contribution in [0.15, 0.2) is 24.3 Å². The smallest absolute Gasteiger partial charge is 0.347 e. The molecule has 0 radical (unpaired) electrons. The highest BCUT2D eigenvalue weighted by Crippen LogP contribution is 2.23. The first-order chi connectivity index (χ1) is 10.5. The van der Waals surface area contributed by atoms with Crippen LogP contribution in [0.4, 0.5) is 5.69 Å². The van der Waals surface area contributed by atoms with E-state index in [0.717, 1.165) is 12.1 Å². The summed E-state index contributed by atoms with van der Waals surface area (Å²) in [5, 5.41) is 0. The first-order valence-corrected chi connectivity index (χ1v) is 7.36. The Hall–Kier alpha value is -2.37. The number of amides is 1. The van der Waals surface area contributed by atoms with Gasteiger partial charge in [-0.25, -0.2) is 9.59 Å². The molecule has 0 N–H and O–H groups in total. The lowest BCUT2D eigenvalue weighted by atomic mass is 10.2. The summed E-state index contributed by atoms with van der Waals surface area (Å²) in [7, 11) is 0. The van der Waals surface area contributed by atoms with Crippen LogP contribution in [0.1, 0.15) is 36.5 Å². The number of esters is 2. The van der Waals surface area contributed by atoms with E-state index in [1.165, 1.54) is 0 Å². The molecule has 22 heavy (non-hydrogen) atoms. The average molecular weight is 303 g/mol. The van der Waals surface area contributed by atoms with Crippen molar-refractivity contribution in [2.24, 2.45) is 0 Å². The van der Waals surface area contributed by atoms with Gasteiger partial charge in [0, 0.05) is 25.1 Å². The van der Waals surface area contributed by atoms with E-state index in [9.17, 15) is 14.4 Å². The summed E-state index contributed by atoms with van der Waals surface area (Å²) in [4.78, 5) is 36.9. The van der Waals surface area contributed by atoms with Gasteiger partial charge in [-0.15, -0.1) is 0 Å². The fourth-order valence-corrected chi connectivity index (χ4v) is 2.71. The van der Waals surface area contributed by atoms with Crippen molar-refractivity contribution >= 4 is 23.5 Å². The second kappa shape index (κ2) is 5.79. The third-order valence-electron chi connectivity index (χ3n) is 3.86. The molecule has 2 aliphatic rings. The molecule has 6 heteroatoms. The molecule has 2 unspecified atom stereocenters. The van der Waals surface area contributed by atoms with Crippen LogP contribution in [0.2, 0.25) is 0 Å². The molecule has 0 bridgehead atoms. The van der Waals surface area contributed by atoms with Crippen LogP contribution >= 0.6 is 0 Å². The van der Waals surface area contributed by atoms with Crippen LogP contribution in [0, 0.1) is 0 Å². The van der Waals surface area contributed by atoms with Crippen molar-refractivity contribution in [2.45, 2.75) is 38.4 Å². The predicted molar refractivity (Wildman–Crippen MR) is 77.4 cm³/mol. The highest BCUT2D eigenvalue weighted by atomic mass is 16.6. The van der Waals surface area contributed by atoms with E-state index in [2.05, 4.69) is 0 Å². The van der Waals surface area contributed by atoms with E-state index in [1.807, 2.05) is 0 Å². The summed E-state index contributed by atoms with van der Waals surface area (Å²) in [6.07, 6.45) is 0.734. The molecule has 2 fully saturated rings. The first-order valence-electron chi connectivity index (χ1n) is 7.36. The van der Waals surface area contributed by atoms with Gasteiger partial charge in [-0.05, 0) is 37.6 Å². The van der Waals surface area contributed by atoms with E-state index in [-0.39, 0.29) is 12.0 Å². The van der Waals surface area contributed by atoms with Crippen LogP contribution in [0.25, 0.3) is 0 Å². The van der Waals surface area contributed by atoms with Crippen LogP contribution < -0.4 is 4.90 Å². The molecule has 2 aliphatic heterocycles. The lowest BCUT2D eigenvalue weighted by Crippen LogP contribution is -2.24. The van der Waals surface area contributed by atoms with Gasteiger partial charge in [0.25, 0.3) is 0 Å². The van der Waals surface area contributed by atoms with Crippen LogP contribution in [-0.4, -0.2) is 36.6 Å². The minimum Gasteiger partial charge on any atom is -0.460 e. The summed E-state index contributed by atoms with van der Waals surface area (Å²) < 4.78 is 10.1. The SMILES string of the molecule is CC1CC(OC(=O)c2ccc(N3CCCC3=O)cc2)C(=O)O1. The number of rotatable bonds is 3. The van der Waals surface area contributed by atoms with Crippen molar-refractivity contribution in [1.29, 1.82) is 0 Å². The van der Waals surface area contributed by atoms with Gasteiger partial charge < -0.3 is 14.4 Å². The molecule has 0 aliphatic carbocycles. The number of ether oxygens (including phenoxy) is 2. The number of nitrogens with zero attached hydrogens (tertiary/aromatic N) is 1. The quantitative estimate of drug-likeness (QED) is 0.794. The Morgan fingerprint density at radius 2 is 2.00 bits per heavy atom.